The summed E-state index contributed by atoms with van der Waals surface area (Å²) >= 11 is 0. The quantitative estimate of drug-likeness (QED) is 0.711. The number of hydrogen-bond acceptors (Lipinski definition) is 7. The molecular weight excluding hydrogens is 292 g/mol. The smallest absolute Gasteiger partial charge is 0.338 e. The molecule has 1 aromatic carbocycles. The molecule has 5 atom stereocenters. The van der Waals surface area contributed by atoms with Crippen LogP contribution in [0.5, 0.6) is 0 Å². The van der Waals surface area contributed by atoms with Crippen LogP contribution in [0, 0.1) is 0 Å². The Bertz CT molecular complexity index is 474. The summed E-state index contributed by atoms with van der Waals surface area (Å²) in [5.74, 6) is -0.589. The van der Waals surface area contributed by atoms with E-state index >= 15 is 0 Å². The molecule has 7 heteroatoms. The Labute approximate surface area is 128 Å². The number of carbonyl (C=O) groups excluding carboxylic acids is 1. The van der Waals surface area contributed by atoms with Gasteiger partial charge in [-0.3, -0.25) is 0 Å². The van der Waals surface area contributed by atoms with Crippen molar-refractivity contribution in [1.29, 1.82) is 0 Å². The molecule has 1 unspecified atom stereocenters. The fraction of sp³-hybridized carbons (Fsp3) is 0.533. The van der Waals surface area contributed by atoms with Gasteiger partial charge in [-0.05, 0) is 12.1 Å². The lowest BCUT2D eigenvalue weighted by Gasteiger charge is -2.25. The van der Waals surface area contributed by atoms with Crippen LogP contribution in [0.25, 0.3) is 0 Å². The SMILES string of the molecule is CO[C@H]1[C@@H]([C@@H](CO)OC)OC(O)[C@@H]1OC(=O)c1ccccc1. The summed E-state index contributed by atoms with van der Waals surface area (Å²) in [6.45, 7) is -0.312. The molecule has 7 nitrogen and oxygen atoms in total. The van der Waals surface area contributed by atoms with Crippen molar-refractivity contribution in [2.45, 2.75) is 30.7 Å². The molecule has 122 valence electrons. The van der Waals surface area contributed by atoms with Crippen molar-refractivity contribution in [2.75, 3.05) is 20.8 Å². The maximum Gasteiger partial charge on any atom is 0.338 e. The van der Waals surface area contributed by atoms with Gasteiger partial charge in [0.1, 0.15) is 18.3 Å². The summed E-state index contributed by atoms with van der Waals surface area (Å²) in [5, 5.41) is 19.3. The van der Waals surface area contributed by atoms with Gasteiger partial charge in [-0.15, -0.1) is 0 Å². The molecule has 22 heavy (non-hydrogen) atoms. The van der Waals surface area contributed by atoms with Crippen LogP contribution in [0.4, 0.5) is 0 Å². The molecule has 0 amide bonds. The van der Waals surface area contributed by atoms with E-state index in [4.69, 9.17) is 18.9 Å². The number of benzene rings is 1. The van der Waals surface area contributed by atoms with Crippen molar-refractivity contribution in [3.05, 3.63) is 35.9 Å². The zero-order valence-corrected chi connectivity index (χ0v) is 12.4. The van der Waals surface area contributed by atoms with E-state index < -0.39 is 36.7 Å². The summed E-state index contributed by atoms with van der Waals surface area (Å²) in [4.78, 5) is 12.1. The normalized spacial score (nSPS) is 29.3. The lowest BCUT2D eigenvalue weighted by atomic mass is 10.1. The van der Waals surface area contributed by atoms with Crippen molar-refractivity contribution in [2.24, 2.45) is 0 Å². The Morgan fingerprint density at radius 1 is 1.27 bits per heavy atom. The summed E-state index contributed by atoms with van der Waals surface area (Å²) in [7, 11) is 2.82. The van der Waals surface area contributed by atoms with E-state index in [1.807, 2.05) is 0 Å². The van der Waals surface area contributed by atoms with Crippen LogP contribution < -0.4 is 0 Å². The summed E-state index contributed by atoms with van der Waals surface area (Å²) in [6.07, 6.45) is -4.55. The number of esters is 1. The number of aliphatic hydroxyl groups excluding tert-OH is 2. The first-order chi connectivity index (χ1) is 10.6. The number of hydrogen-bond donors (Lipinski definition) is 2. The maximum atomic E-state index is 12.1. The van der Waals surface area contributed by atoms with Gasteiger partial charge >= 0.3 is 5.97 Å². The van der Waals surface area contributed by atoms with Gasteiger partial charge < -0.3 is 29.2 Å². The molecule has 0 saturated carbocycles. The van der Waals surface area contributed by atoms with Gasteiger partial charge in [-0.2, -0.15) is 0 Å². The molecule has 1 aromatic rings. The molecule has 1 fully saturated rings. The molecular formula is C15H20O7. The predicted molar refractivity (Wildman–Crippen MR) is 75.2 cm³/mol. The molecule has 2 N–H and O–H groups in total. The first-order valence-electron chi connectivity index (χ1n) is 6.88. The minimum atomic E-state index is -1.35. The van der Waals surface area contributed by atoms with Crippen LogP contribution in [0.3, 0.4) is 0 Å². The lowest BCUT2D eigenvalue weighted by molar-refractivity contribution is -0.156. The third kappa shape index (κ3) is 3.45. The highest BCUT2D eigenvalue weighted by Gasteiger charge is 2.50. The van der Waals surface area contributed by atoms with Gasteiger partial charge in [-0.1, -0.05) is 18.2 Å². The van der Waals surface area contributed by atoms with Gasteiger partial charge in [0.25, 0.3) is 0 Å². The number of methoxy groups -OCH3 is 2. The second-order valence-electron chi connectivity index (χ2n) is 4.88. The predicted octanol–water partition coefficient (Wildman–Crippen LogP) is -0.0485. The summed E-state index contributed by atoms with van der Waals surface area (Å²) < 4.78 is 21.0. The minimum Gasteiger partial charge on any atom is -0.450 e. The van der Waals surface area contributed by atoms with Gasteiger partial charge in [0, 0.05) is 14.2 Å². The van der Waals surface area contributed by atoms with E-state index in [1.165, 1.54) is 14.2 Å². The van der Waals surface area contributed by atoms with Gasteiger partial charge in [0.05, 0.1) is 12.2 Å². The van der Waals surface area contributed by atoms with Crippen LogP contribution in [-0.4, -0.2) is 67.7 Å². The van der Waals surface area contributed by atoms with Gasteiger partial charge in [0.2, 0.25) is 0 Å². The monoisotopic (exact) mass is 312 g/mol. The third-order valence-electron chi connectivity index (χ3n) is 3.60. The zero-order chi connectivity index (χ0) is 16.1. The second kappa shape index (κ2) is 7.66. The number of ether oxygens (including phenoxy) is 4. The Morgan fingerprint density at radius 2 is 1.95 bits per heavy atom. The molecule has 0 bridgehead atoms. The molecule has 1 heterocycles. The number of carbonyl (C=O) groups is 1. The third-order valence-corrected chi connectivity index (χ3v) is 3.60. The van der Waals surface area contributed by atoms with Crippen LogP contribution >= 0.6 is 0 Å². The van der Waals surface area contributed by atoms with Crippen molar-refractivity contribution >= 4 is 5.97 Å². The highest BCUT2D eigenvalue weighted by molar-refractivity contribution is 5.89. The Balaban J connectivity index is 2.11. The topological polar surface area (TPSA) is 94.5 Å². The van der Waals surface area contributed by atoms with E-state index in [2.05, 4.69) is 0 Å². The zero-order valence-electron chi connectivity index (χ0n) is 12.4. The second-order valence-corrected chi connectivity index (χ2v) is 4.88. The highest BCUT2D eigenvalue weighted by Crippen LogP contribution is 2.28. The first-order valence-corrected chi connectivity index (χ1v) is 6.88. The van der Waals surface area contributed by atoms with Crippen molar-refractivity contribution in [3.63, 3.8) is 0 Å². The standard InChI is InChI=1S/C15H20O7/c1-19-10(8-16)11-12(20-2)13(15(18)21-11)22-14(17)9-6-4-3-5-7-9/h3-7,10-13,15-16,18H,8H2,1-2H3/t10-,11-,12+,13-,15?/m1/s1. The Kier molecular flexibility index (Phi) is 5.87. The Hall–Kier alpha value is -1.51. The van der Waals surface area contributed by atoms with Crippen LogP contribution in [0.2, 0.25) is 0 Å². The lowest BCUT2D eigenvalue weighted by Crippen LogP contribution is -2.44. The minimum absolute atomic E-state index is 0.312. The number of rotatable bonds is 6. The van der Waals surface area contributed by atoms with Crippen LogP contribution in [0.15, 0.2) is 30.3 Å². The fourth-order valence-electron chi connectivity index (χ4n) is 2.44. The molecule has 1 saturated heterocycles. The van der Waals surface area contributed by atoms with Gasteiger partial charge in [0.15, 0.2) is 12.4 Å². The molecule has 0 spiro atoms. The fourth-order valence-corrected chi connectivity index (χ4v) is 2.44. The number of aliphatic hydroxyl groups is 2. The molecule has 0 aromatic heterocycles. The van der Waals surface area contributed by atoms with Crippen molar-refractivity contribution in [1.82, 2.24) is 0 Å². The van der Waals surface area contributed by atoms with E-state index in [-0.39, 0.29) is 6.61 Å². The van der Waals surface area contributed by atoms with E-state index in [9.17, 15) is 15.0 Å². The highest BCUT2D eigenvalue weighted by atomic mass is 16.7. The molecule has 0 radical (unpaired) electrons. The summed E-state index contributed by atoms with van der Waals surface area (Å²) in [5.41, 5.74) is 0.360. The van der Waals surface area contributed by atoms with E-state index in [1.54, 1.807) is 30.3 Å². The molecule has 0 aliphatic carbocycles. The largest absolute Gasteiger partial charge is 0.450 e. The van der Waals surface area contributed by atoms with Crippen LogP contribution in [-0.2, 0) is 18.9 Å². The Morgan fingerprint density at radius 3 is 2.50 bits per heavy atom. The van der Waals surface area contributed by atoms with Crippen molar-refractivity contribution < 1.29 is 34.0 Å². The van der Waals surface area contributed by atoms with Crippen LogP contribution in [0.1, 0.15) is 10.4 Å². The molecule has 1 aliphatic heterocycles. The maximum absolute atomic E-state index is 12.1. The first kappa shape index (κ1) is 16.9. The van der Waals surface area contributed by atoms with Gasteiger partial charge in [-0.25, -0.2) is 4.79 Å². The summed E-state index contributed by atoms with van der Waals surface area (Å²) in [6, 6.07) is 8.41. The molecule has 2 rings (SSSR count). The van der Waals surface area contributed by atoms with E-state index in [0.717, 1.165) is 0 Å². The van der Waals surface area contributed by atoms with Crippen molar-refractivity contribution in [3.8, 4) is 0 Å². The van der Waals surface area contributed by atoms with E-state index in [0.29, 0.717) is 5.56 Å². The average molecular weight is 312 g/mol. The average Bonchev–Trinajstić information content (AvgIpc) is 2.85. The molecule has 1 aliphatic rings.